The summed E-state index contributed by atoms with van der Waals surface area (Å²) in [5.74, 6) is 0.411. The number of hydrogen-bond donors (Lipinski definition) is 0. The first-order valence-electron chi connectivity index (χ1n) is 10.5. The number of aromatic nitrogens is 1. The fourth-order valence-electron chi connectivity index (χ4n) is 3.77. The Hall–Kier alpha value is -2.66. The monoisotopic (exact) mass is 420 g/mol. The Morgan fingerprint density at radius 1 is 1.10 bits per heavy atom. The Bertz CT molecular complexity index is 1050. The molecule has 0 N–H and O–H groups in total. The van der Waals surface area contributed by atoms with Gasteiger partial charge in [-0.15, -0.1) is 11.3 Å². The molecule has 0 aliphatic carbocycles. The van der Waals surface area contributed by atoms with Crippen molar-refractivity contribution in [1.29, 1.82) is 0 Å². The van der Waals surface area contributed by atoms with E-state index in [1.165, 1.54) is 16.3 Å². The SMILES string of the molecule is CC(C)(C)OC(=O)N1CCC(c2nc(/C=C/c3cccc4ccccc34)cs2)CC1. The summed E-state index contributed by atoms with van der Waals surface area (Å²) in [4.78, 5) is 18.9. The Morgan fingerprint density at radius 3 is 2.60 bits per heavy atom. The molecule has 1 aliphatic rings. The van der Waals surface area contributed by atoms with Crippen molar-refractivity contribution in [2.75, 3.05) is 13.1 Å². The fourth-order valence-corrected chi connectivity index (χ4v) is 4.73. The molecule has 0 bridgehead atoms. The molecule has 1 amide bonds. The molecule has 5 heteroatoms. The number of nitrogens with zero attached hydrogens (tertiary/aromatic N) is 2. The lowest BCUT2D eigenvalue weighted by Gasteiger charge is -2.32. The minimum absolute atomic E-state index is 0.209. The Labute approximate surface area is 182 Å². The molecule has 0 radical (unpaired) electrons. The van der Waals surface area contributed by atoms with E-state index in [4.69, 9.17) is 9.72 Å². The van der Waals surface area contributed by atoms with Gasteiger partial charge >= 0.3 is 6.09 Å². The summed E-state index contributed by atoms with van der Waals surface area (Å²) in [7, 11) is 0. The third kappa shape index (κ3) is 4.90. The highest BCUT2D eigenvalue weighted by molar-refractivity contribution is 7.09. The number of likely N-dealkylation sites (tertiary alicyclic amines) is 1. The van der Waals surface area contributed by atoms with Gasteiger partial charge in [-0.3, -0.25) is 0 Å². The van der Waals surface area contributed by atoms with E-state index >= 15 is 0 Å². The van der Waals surface area contributed by atoms with Crippen molar-refractivity contribution in [2.24, 2.45) is 0 Å². The van der Waals surface area contributed by atoms with E-state index in [1.807, 2.05) is 25.7 Å². The molecule has 156 valence electrons. The van der Waals surface area contributed by atoms with Gasteiger partial charge in [0.15, 0.2) is 0 Å². The molecular weight excluding hydrogens is 392 g/mol. The van der Waals surface area contributed by atoms with Crippen LogP contribution in [0.2, 0.25) is 0 Å². The number of ether oxygens (including phenoxy) is 1. The molecule has 1 aliphatic heterocycles. The average Bonchev–Trinajstić information content (AvgIpc) is 3.20. The van der Waals surface area contributed by atoms with Gasteiger partial charge in [-0.05, 0) is 56.0 Å². The van der Waals surface area contributed by atoms with Gasteiger partial charge in [0, 0.05) is 24.4 Å². The molecule has 2 heterocycles. The average molecular weight is 421 g/mol. The molecule has 0 saturated carbocycles. The zero-order valence-electron chi connectivity index (χ0n) is 17.8. The summed E-state index contributed by atoms with van der Waals surface area (Å²) in [6.07, 6.45) is 5.89. The lowest BCUT2D eigenvalue weighted by Crippen LogP contribution is -2.41. The molecule has 30 heavy (non-hydrogen) atoms. The normalized spacial score (nSPS) is 15.8. The summed E-state index contributed by atoms with van der Waals surface area (Å²) in [6, 6.07) is 14.8. The van der Waals surface area contributed by atoms with Gasteiger partial charge in [-0.2, -0.15) is 0 Å². The van der Waals surface area contributed by atoms with Gasteiger partial charge in [-0.1, -0.05) is 48.5 Å². The molecule has 1 aromatic heterocycles. The number of carbonyl (C=O) groups excluding carboxylic acids is 1. The Morgan fingerprint density at radius 2 is 1.83 bits per heavy atom. The number of rotatable bonds is 3. The highest BCUT2D eigenvalue weighted by atomic mass is 32.1. The number of carbonyl (C=O) groups is 1. The zero-order chi connectivity index (χ0) is 21.1. The predicted molar refractivity (Wildman–Crippen MR) is 125 cm³/mol. The molecule has 0 atom stereocenters. The van der Waals surface area contributed by atoms with Crippen LogP contribution in [0.5, 0.6) is 0 Å². The maximum atomic E-state index is 12.3. The smallest absolute Gasteiger partial charge is 0.410 e. The molecule has 1 saturated heterocycles. The highest BCUT2D eigenvalue weighted by Gasteiger charge is 2.28. The van der Waals surface area contributed by atoms with E-state index in [0.29, 0.717) is 5.92 Å². The van der Waals surface area contributed by atoms with E-state index < -0.39 is 5.60 Å². The number of piperidine rings is 1. The number of benzene rings is 2. The van der Waals surface area contributed by atoms with Gasteiger partial charge in [-0.25, -0.2) is 9.78 Å². The summed E-state index contributed by atoms with van der Waals surface area (Å²) in [5, 5.41) is 5.78. The molecule has 4 nitrogen and oxygen atoms in total. The lowest BCUT2D eigenvalue weighted by atomic mass is 9.98. The minimum atomic E-state index is -0.450. The van der Waals surface area contributed by atoms with E-state index in [9.17, 15) is 4.79 Å². The molecule has 3 aromatic rings. The number of thiazole rings is 1. The first kappa shape index (κ1) is 20.6. The van der Waals surface area contributed by atoms with Gasteiger partial charge in [0.05, 0.1) is 10.7 Å². The molecule has 0 unspecified atom stereocenters. The molecule has 2 aromatic carbocycles. The van der Waals surface area contributed by atoms with E-state index in [0.717, 1.165) is 36.6 Å². The van der Waals surface area contributed by atoms with Gasteiger partial charge in [0.1, 0.15) is 5.60 Å². The summed E-state index contributed by atoms with van der Waals surface area (Å²) < 4.78 is 5.49. The van der Waals surface area contributed by atoms with Crippen LogP contribution in [0.15, 0.2) is 47.8 Å². The maximum Gasteiger partial charge on any atom is 0.410 e. The van der Waals surface area contributed by atoms with Gasteiger partial charge < -0.3 is 9.64 Å². The summed E-state index contributed by atoms with van der Waals surface area (Å²) >= 11 is 1.72. The van der Waals surface area contributed by atoms with Gasteiger partial charge in [0.25, 0.3) is 0 Å². The number of hydrogen-bond acceptors (Lipinski definition) is 4. The fraction of sp³-hybridized carbons (Fsp3) is 0.360. The van der Waals surface area contributed by atoms with Crippen LogP contribution in [0.25, 0.3) is 22.9 Å². The van der Waals surface area contributed by atoms with Crippen molar-refractivity contribution in [3.05, 3.63) is 64.1 Å². The molecule has 1 fully saturated rings. The Balaban J connectivity index is 1.39. The standard InChI is InChI=1S/C25H28N2O2S/c1-25(2,3)29-24(28)27-15-13-20(14-16-27)23-26-21(17-30-23)12-11-19-9-6-8-18-7-4-5-10-22(18)19/h4-12,17,20H,13-16H2,1-3H3/b12-11+. The van der Waals surface area contributed by atoms with E-state index in [-0.39, 0.29) is 6.09 Å². The zero-order valence-corrected chi connectivity index (χ0v) is 18.6. The maximum absolute atomic E-state index is 12.3. The first-order valence-corrected chi connectivity index (χ1v) is 11.4. The molecule has 4 rings (SSSR count). The van der Waals surface area contributed by atoms with E-state index in [1.54, 1.807) is 11.3 Å². The quantitative estimate of drug-likeness (QED) is 0.480. The van der Waals surface area contributed by atoms with Crippen molar-refractivity contribution in [3.8, 4) is 0 Å². The van der Waals surface area contributed by atoms with Crippen LogP contribution in [0.4, 0.5) is 4.79 Å². The second-order valence-corrected chi connectivity index (χ2v) is 9.64. The largest absolute Gasteiger partial charge is 0.444 e. The van der Waals surface area contributed by atoms with Crippen molar-refractivity contribution >= 4 is 40.4 Å². The number of amides is 1. The molecular formula is C25H28N2O2S. The van der Waals surface area contributed by atoms with E-state index in [2.05, 4.69) is 60.0 Å². The van der Waals surface area contributed by atoms with Crippen LogP contribution in [-0.4, -0.2) is 34.7 Å². The van der Waals surface area contributed by atoms with Crippen LogP contribution < -0.4 is 0 Å². The second-order valence-electron chi connectivity index (χ2n) is 8.75. The number of fused-ring (bicyclic) bond motifs is 1. The topological polar surface area (TPSA) is 42.4 Å². The van der Waals surface area contributed by atoms with Crippen molar-refractivity contribution in [2.45, 2.75) is 45.1 Å². The van der Waals surface area contributed by atoms with Crippen molar-refractivity contribution < 1.29 is 9.53 Å². The van der Waals surface area contributed by atoms with Crippen LogP contribution in [-0.2, 0) is 4.74 Å². The minimum Gasteiger partial charge on any atom is -0.444 e. The highest BCUT2D eigenvalue weighted by Crippen LogP contribution is 2.31. The van der Waals surface area contributed by atoms with Crippen molar-refractivity contribution in [1.82, 2.24) is 9.88 Å². The second kappa shape index (κ2) is 8.60. The first-order chi connectivity index (χ1) is 14.4. The van der Waals surface area contributed by atoms with Crippen LogP contribution >= 0.6 is 11.3 Å². The van der Waals surface area contributed by atoms with Gasteiger partial charge in [0.2, 0.25) is 0 Å². The van der Waals surface area contributed by atoms with Crippen LogP contribution in [0, 0.1) is 0 Å². The predicted octanol–water partition coefficient (Wildman–Crippen LogP) is 6.58. The van der Waals surface area contributed by atoms with Crippen LogP contribution in [0.3, 0.4) is 0 Å². The third-order valence-electron chi connectivity index (χ3n) is 5.29. The van der Waals surface area contributed by atoms with Crippen molar-refractivity contribution in [3.63, 3.8) is 0 Å². The molecule has 0 spiro atoms. The Kier molecular flexibility index (Phi) is 5.91. The third-order valence-corrected chi connectivity index (χ3v) is 6.32. The summed E-state index contributed by atoms with van der Waals surface area (Å²) in [6.45, 7) is 7.15. The summed E-state index contributed by atoms with van der Waals surface area (Å²) in [5.41, 5.74) is 1.75. The van der Waals surface area contributed by atoms with Crippen LogP contribution in [0.1, 0.15) is 55.8 Å². The lowest BCUT2D eigenvalue weighted by molar-refractivity contribution is 0.0205.